The molecule has 0 amide bonds. The number of Topliss-reactive ketones (excluding diaryl/α,β-unsaturated/α-hetero) is 1. The number of nitrogens with one attached hydrogen (secondary N) is 1. The van der Waals surface area contributed by atoms with Crippen LogP contribution in [0, 0.1) is 11.8 Å². The Labute approximate surface area is 209 Å². The summed E-state index contributed by atoms with van der Waals surface area (Å²) < 4.78 is 0. The van der Waals surface area contributed by atoms with Crippen molar-refractivity contribution in [1.29, 1.82) is 0 Å². The molecule has 0 bridgehead atoms. The van der Waals surface area contributed by atoms with Crippen molar-refractivity contribution in [3.63, 3.8) is 0 Å². The van der Waals surface area contributed by atoms with Crippen LogP contribution in [-0.2, 0) is 4.79 Å². The van der Waals surface area contributed by atoms with E-state index in [9.17, 15) is 4.79 Å². The van der Waals surface area contributed by atoms with E-state index in [2.05, 4.69) is 58.1 Å². The van der Waals surface area contributed by atoms with Crippen molar-refractivity contribution >= 4 is 17.2 Å². The highest BCUT2D eigenvalue weighted by Gasteiger charge is 2.35. The van der Waals surface area contributed by atoms with Crippen LogP contribution in [0.15, 0.2) is 23.2 Å². The summed E-state index contributed by atoms with van der Waals surface area (Å²) in [6.07, 6.45) is 14.5. The first-order chi connectivity index (χ1) is 16.3. The summed E-state index contributed by atoms with van der Waals surface area (Å²) >= 11 is 0. The predicted octanol–water partition coefficient (Wildman–Crippen LogP) is 8.49. The van der Waals surface area contributed by atoms with Gasteiger partial charge in [-0.05, 0) is 61.5 Å². The van der Waals surface area contributed by atoms with Crippen LogP contribution in [0.25, 0.3) is 0 Å². The van der Waals surface area contributed by atoms with Crippen LogP contribution in [0.2, 0.25) is 0 Å². The minimum absolute atomic E-state index is 0.0331. The van der Waals surface area contributed by atoms with Crippen LogP contribution in [0.4, 0.5) is 5.69 Å². The number of carbonyl (C=O) groups is 1. The zero-order valence-corrected chi connectivity index (χ0v) is 22.8. The quantitative estimate of drug-likeness (QED) is 0.427. The highest BCUT2D eigenvalue weighted by Crippen LogP contribution is 2.38. The van der Waals surface area contributed by atoms with Gasteiger partial charge in [0.05, 0.1) is 11.7 Å². The molecule has 1 aliphatic heterocycles. The van der Waals surface area contributed by atoms with Gasteiger partial charge in [0, 0.05) is 11.8 Å². The molecule has 1 aromatic rings. The van der Waals surface area contributed by atoms with Crippen molar-refractivity contribution < 1.29 is 4.79 Å². The first kappa shape index (κ1) is 27.1. The molecule has 1 aliphatic carbocycles. The van der Waals surface area contributed by atoms with E-state index in [4.69, 9.17) is 4.99 Å². The summed E-state index contributed by atoms with van der Waals surface area (Å²) in [7, 11) is 0. The van der Waals surface area contributed by atoms with E-state index in [1.165, 1.54) is 68.9 Å². The Balaban J connectivity index is 1.87. The molecular weight excluding hydrogens is 416 g/mol. The average molecular weight is 467 g/mol. The molecule has 3 unspecified atom stereocenters. The lowest BCUT2D eigenvalue weighted by atomic mass is 9.73. The number of carbonyl (C=O) groups excluding carboxylic acids is 1. The van der Waals surface area contributed by atoms with Gasteiger partial charge in [-0.2, -0.15) is 0 Å². The Morgan fingerprint density at radius 1 is 0.794 bits per heavy atom. The van der Waals surface area contributed by atoms with Gasteiger partial charge >= 0.3 is 0 Å². The van der Waals surface area contributed by atoms with Gasteiger partial charge in [-0.15, -0.1) is 0 Å². The zero-order chi connectivity index (χ0) is 24.7. The van der Waals surface area contributed by atoms with Crippen molar-refractivity contribution in [2.45, 2.75) is 136 Å². The minimum Gasteiger partial charge on any atom is -0.299 e. The summed E-state index contributed by atoms with van der Waals surface area (Å²) in [6, 6.07) is 6.80. The van der Waals surface area contributed by atoms with Gasteiger partial charge in [-0.25, -0.2) is 0 Å². The number of benzene rings is 1. The number of hydrogen-bond acceptors (Lipinski definition) is 3. The summed E-state index contributed by atoms with van der Waals surface area (Å²) in [6.45, 7) is 13.0. The third-order valence-corrected chi connectivity index (χ3v) is 8.42. The Morgan fingerprint density at radius 3 is 1.79 bits per heavy atom. The fourth-order valence-corrected chi connectivity index (χ4v) is 6.25. The zero-order valence-electron chi connectivity index (χ0n) is 22.8. The molecule has 3 nitrogen and oxygen atoms in total. The molecule has 0 radical (unpaired) electrons. The maximum Gasteiger partial charge on any atom is 0.146 e. The molecule has 3 heteroatoms. The fraction of sp³-hybridized carbons (Fsp3) is 0.742. The standard InChI is InChI=1S/C31H50N2O/c1-21(2)27-17-14-18-28(22(3)4)31(27)32-23(5)29-19-26(20-30(33-29)24(6)34)25-15-12-10-8-7-9-11-13-16-25/h14,17-18,21-22,25-26,29-30,33H,7-13,15-16,19-20H2,1-6H3. The first-order valence-electron chi connectivity index (χ1n) is 14.2. The normalized spacial score (nSPS) is 26.1. The molecule has 1 saturated carbocycles. The highest BCUT2D eigenvalue weighted by atomic mass is 16.1. The van der Waals surface area contributed by atoms with Crippen molar-refractivity contribution in [2.75, 3.05) is 0 Å². The number of ketones is 1. The predicted molar refractivity (Wildman–Crippen MR) is 147 cm³/mol. The molecule has 1 heterocycles. The SMILES string of the molecule is CC(=O)C1CC(C2CCCCCCCCC2)CC(C(C)=Nc2c(C(C)C)cccc2C(C)C)N1. The number of aliphatic imine (C=N–C) groups is 1. The van der Waals surface area contributed by atoms with Gasteiger partial charge in [0.25, 0.3) is 0 Å². The third-order valence-electron chi connectivity index (χ3n) is 8.42. The summed E-state index contributed by atoms with van der Waals surface area (Å²) in [4.78, 5) is 17.9. The molecule has 1 saturated heterocycles. The second-order valence-electron chi connectivity index (χ2n) is 11.8. The minimum atomic E-state index is -0.0331. The number of rotatable bonds is 6. The fourth-order valence-electron chi connectivity index (χ4n) is 6.25. The number of nitrogens with zero attached hydrogens (tertiary/aromatic N) is 1. The van der Waals surface area contributed by atoms with Gasteiger partial charge < -0.3 is 0 Å². The van der Waals surface area contributed by atoms with Gasteiger partial charge in [-0.3, -0.25) is 15.1 Å². The summed E-state index contributed by atoms with van der Waals surface area (Å²) in [5.74, 6) is 2.53. The molecule has 34 heavy (non-hydrogen) atoms. The smallest absolute Gasteiger partial charge is 0.146 e. The van der Waals surface area contributed by atoms with E-state index in [0.29, 0.717) is 17.8 Å². The largest absolute Gasteiger partial charge is 0.299 e. The lowest BCUT2D eigenvalue weighted by molar-refractivity contribution is -0.120. The summed E-state index contributed by atoms with van der Waals surface area (Å²) in [5.41, 5.74) is 4.96. The first-order valence-corrected chi connectivity index (χ1v) is 14.2. The van der Waals surface area contributed by atoms with Crippen molar-refractivity contribution in [3.8, 4) is 0 Å². The number of para-hydroxylation sites is 1. The Morgan fingerprint density at radius 2 is 1.29 bits per heavy atom. The molecule has 3 atom stereocenters. The van der Waals surface area contributed by atoms with Crippen LogP contribution in [0.3, 0.4) is 0 Å². The number of piperidine rings is 1. The highest BCUT2D eigenvalue weighted by molar-refractivity contribution is 5.91. The topological polar surface area (TPSA) is 41.5 Å². The second-order valence-corrected chi connectivity index (χ2v) is 11.8. The van der Waals surface area contributed by atoms with E-state index in [0.717, 1.165) is 30.2 Å². The Kier molecular flexibility index (Phi) is 10.4. The number of hydrogen-bond donors (Lipinski definition) is 1. The van der Waals surface area contributed by atoms with Crippen molar-refractivity contribution in [1.82, 2.24) is 5.32 Å². The maximum absolute atomic E-state index is 12.6. The van der Waals surface area contributed by atoms with E-state index < -0.39 is 0 Å². The van der Waals surface area contributed by atoms with E-state index >= 15 is 0 Å². The van der Waals surface area contributed by atoms with Gasteiger partial charge in [0.15, 0.2) is 0 Å². The third kappa shape index (κ3) is 7.26. The van der Waals surface area contributed by atoms with Crippen molar-refractivity contribution in [2.24, 2.45) is 16.8 Å². The molecule has 190 valence electrons. The molecule has 2 fully saturated rings. The molecule has 0 spiro atoms. The van der Waals surface area contributed by atoms with Crippen LogP contribution >= 0.6 is 0 Å². The van der Waals surface area contributed by atoms with Crippen LogP contribution in [0.1, 0.15) is 135 Å². The van der Waals surface area contributed by atoms with Crippen LogP contribution < -0.4 is 5.32 Å². The second kappa shape index (κ2) is 13.0. The molecule has 0 aromatic heterocycles. The van der Waals surface area contributed by atoms with E-state index in [-0.39, 0.29) is 17.9 Å². The Bertz CT molecular complexity index is 788. The van der Waals surface area contributed by atoms with Crippen molar-refractivity contribution in [3.05, 3.63) is 29.3 Å². The van der Waals surface area contributed by atoms with Gasteiger partial charge in [-0.1, -0.05) is 104 Å². The van der Waals surface area contributed by atoms with Crippen LogP contribution in [-0.4, -0.2) is 23.6 Å². The molecular formula is C31H50N2O. The average Bonchev–Trinajstić information content (AvgIpc) is 2.81. The molecule has 1 N–H and O–H groups in total. The summed E-state index contributed by atoms with van der Waals surface area (Å²) in [5, 5.41) is 3.71. The van der Waals surface area contributed by atoms with E-state index in [1.54, 1.807) is 6.92 Å². The molecule has 1 aromatic carbocycles. The van der Waals surface area contributed by atoms with Crippen LogP contribution in [0.5, 0.6) is 0 Å². The lowest BCUT2D eigenvalue weighted by Gasteiger charge is -2.39. The lowest BCUT2D eigenvalue weighted by Crippen LogP contribution is -2.52. The molecule has 3 rings (SSSR count). The molecule has 2 aliphatic rings. The monoisotopic (exact) mass is 466 g/mol. The Hall–Kier alpha value is -1.48. The van der Waals surface area contributed by atoms with Gasteiger partial charge in [0.2, 0.25) is 0 Å². The van der Waals surface area contributed by atoms with Gasteiger partial charge in [0.1, 0.15) is 5.78 Å². The maximum atomic E-state index is 12.6. The van der Waals surface area contributed by atoms with E-state index in [1.807, 2.05) is 0 Å².